The van der Waals surface area contributed by atoms with Crippen molar-refractivity contribution in [3.05, 3.63) is 0 Å². The first-order valence-electron chi connectivity index (χ1n) is 7.51. The van der Waals surface area contributed by atoms with Gasteiger partial charge in [-0.05, 0) is 38.0 Å². The topological polar surface area (TPSA) is 26.3 Å². The van der Waals surface area contributed by atoms with Gasteiger partial charge in [0.1, 0.15) is 6.10 Å². The number of rotatable bonds is 5. The van der Waals surface area contributed by atoms with Crippen LogP contribution in [0.4, 0.5) is 0 Å². The summed E-state index contributed by atoms with van der Waals surface area (Å²) in [4.78, 5) is 11.9. The molecule has 2 nitrogen and oxygen atoms in total. The minimum Gasteiger partial charge on any atom is -0.462 e. The van der Waals surface area contributed by atoms with Crippen molar-refractivity contribution >= 4 is 5.97 Å². The molecule has 2 fully saturated rings. The SMILES string of the molecule is CCCCCC1CCC(C2CCCC2)OC1=O. The molecular weight excluding hydrogens is 212 g/mol. The Morgan fingerprint density at radius 2 is 1.88 bits per heavy atom. The fourth-order valence-corrected chi connectivity index (χ4v) is 3.35. The molecule has 2 aliphatic rings. The highest BCUT2D eigenvalue weighted by atomic mass is 16.5. The van der Waals surface area contributed by atoms with Crippen molar-refractivity contribution < 1.29 is 9.53 Å². The zero-order valence-corrected chi connectivity index (χ0v) is 11.1. The van der Waals surface area contributed by atoms with Crippen LogP contribution in [0.15, 0.2) is 0 Å². The van der Waals surface area contributed by atoms with E-state index >= 15 is 0 Å². The number of carbonyl (C=O) groups is 1. The van der Waals surface area contributed by atoms with E-state index < -0.39 is 0 Å². The van der Waals surface area contributed by atoms with Crippen LogP contribution in [-0.4, -0.2) is 12.1 Å². The maximum Gasteiger partial charge on any atom is 0.309 e. The lowest BCUT2D eigenvalue weighted by Gasteiger charge is -2.31. The molecule has 98 valence electrons. The van der Waals surface area contributed by atoms with Crippen LogP contribution in [-0.2, 0) is 9.53 Å². The molecule has 0 spiro atoms. The number of unbranched alkanes of at least 4 members (excludes halogenated alkanes) is 2. The molecule has 17 heavy (non-hydrogen) atoms. The molecule has 1 aliphatic heterocycles. The van der Waals surface area contributed by atoms with Crippen LogP contribution in [0.1, 0.15) is 71.1 Å². The van der Waals surface area contributed by atoms with Crippen LogP contribution >= 0.6 is 0 Å². The normalized spacial score (nSPS) is 30.5. The van der Waals surface area contributed by atoms with Gasteiger partial charge in [0.15, 0.2) is 0 Å². The molecule has 0 radical (unpaired) electrons. The molecule has 0 aromatic heterocycles. The molecule has 1 saturated heterocycles. The van der Waals surface area contributed by atoms with E-state index in [1.165, 1.54) is 44.9 Å². The number of ether oxygens (including phenoxy) is 1. The molecule has 1 aliphatic carbocycles. The number of hydrogen-bond acceptors (Lipinski definition) is 2. The number of carbonyl (C=O) groups excluding carboxylic acids is 1. The van der Waals surface area contributed by atoms with Gasteiger partial charge in [0.25, 0.3) is 0 Å². The average Bonchev–Trinajstić information content (AvgIpc) is 2.85. The summed E-state index contributed by atoms with van der Waals surface area (Å²) >= 11 is 0. The van der Waals surface area contributed by atoms with Crippen molar-refractivity contribution in [2.75, 3.05) is 0 Å². The van der Waals surface area contributed by atoms with Gasteiger partial charge in [0, 0.05) is 0 Å². The van der Waals surface area contributed by atoms with Crippen LogP contribution in [0.5, 0.6) is 0 Å². The van der Waals surface area contributed by atoms with Crippen LogP contribution in [0, 0.1) is 11.8 Å². The van der Waals surface area contributed by atoms with Crippen LogP contribution in [0.3, 0.4) is 0 Å². The Kier molecular flexibility index (Phi) is 4.87. The highest BCUT2D eigenvalue weighted by molar-refractivity contribution is 5.73. The largest absolute Gasteiger partial charge is 0.462 e. The standard InChI is InChI=1S/C15H26O2/c1-2-3-4-9-13-10-11-14(17-15(13)16)12-7-5-6-8-12/h12-14H,2-11H2,1H3. The van der Waals surface area contributed by atoms with Crippen LogP contribution in [0.2, 0.25) is 0 Å². The van der Waals surface area contributed by atoms with Gasteiger partial charge >= 0.3 is 5.97 Å². The first-order valence-corrected chi connectivity index (χ1v) is 7.51. The molecule has 0 N–H and O–H groups in total. The maximum atomic E-state index is 11.9. The molecule has 0 aromatic carbocycles. The quantitative estimate of drug-likeness (QED) is 0.533. The Labute approximate surface area is 105 Å². The average molecular weight is 238 g/mol. The predicted octanol–water partition coefficient (Wildman–Crippen LogP) is 4.08. The Balaban J connectivity index is 1.74. The van der Waals surface area contributed by atoms with E-state index in [0.717, 1.165) is 19.3 Å². The lowest BCUT2D eigenvalue weighted by Crippen LogP contribution is -2.35. The highest BCUT2D eigenvalue weighted by Gasteiger charge is 2.35. The third-order valence-corrected chi connectivity index (χ3v) is 4.48. The first-order chi connectivity index (χ1) is 8.31. The monoisotopic (exact) mass is 238 g/mol. The van der Waals surface area contributed by atoms with Gasteiger partial charge < -0.3 is 4.74 Å². The van der Waals surface area contributed by atoms with E-state index in [-0.39, 0.29) is 18.0 Å². The van der Waals surface area contributed by atoms with Crippen molar-refractivity contribution in [2.45, 2.75) is 77.2 Å². The summed E-state index contributed by atoms with van der Waals surface area (Å²) < 4.78 is 5.67. The molecule has 0 amide bonds. The van der Waals surface area contributed by atoms with Gasteiger partial charge in [-0.25, -0.2) is 0 Å². The van der Waals surface area contributed by atoms with Crippen molar-refractivity contribution in [2.24, 2.45) is 11.8 Å². The van der Waals surface area contributed by atoms with Crippen molar-refractivity contribution in [1.82, 2.24) is 0 Å². The van der Waals surface area contributed by atoms with E-state index in [0.29, 0.717) is 5.92 Å². The second kappa shape index (κ2) is 6.42. The van der Waals surface area contributed by atoms with Gasteiger partial charge in [-0.1, -0.05) is 39.0 Å². The minimum absolute atomic E-state index is 0.101. The number of hydrogen-bond donors (Lipinski definition) is 0. The lowest BCUT2D eigenvalue weighted by atomic mass is 9.87. The summed E-state index contributed by atoms with van der Waals surface area (Å²) in [5.41, 5.74) is 0. The van der Waals surface area contributed by atoms with Crippen molar-refractivity contribution in [1.29, 1.82) is 0 Å². The lowest BCUT2D eigenvalue weighted by molar-refractivity contribution is -0.164. The van der Waals surface area contributed by atoms with E-state index in [4.69, 9.17) is 4.74 Å². The van der Waals surface area contributed by atoms with Gasteiger partial charge in [-0.3, -0.25) is 4.79 Å². The van der Waals surface area contributed by atoms with Crippen LogP contribution < -0.4 is 0 Å². The third kappa shape index (κ3) is 3.46. The minimum atomic E-state index is 0.101. The van der Waals surface area contributed by atoms with Gasteiger partial charge in [0.05, 0.1) is 5.92 Å². The first kappa shape index (κ1) is 12.9. The second-order valence-electron chi connectivity index (χ2n) is 5.79. The summed E-state index contributed by atoms with van der Waals surface area (Å²) in [7, 11) is 0. The van der Waals surface area contributed by atoms with Gasteiger partial charge in [0.2, 0.25) is 0 Å². The number of esters is 1. The molecule has 2 heteroatoms. The summed E-state index contributed by atoms with van der Waals surface area (Å²) in [6.07, 6.45) is 12.4. The van der Waals surface area contributed by atoms with E-state index in [1.807, 2.05) is 0 Å². The van der Waals surface area contributed by atoms with Gasteiger partial charge in [-0.2, -0.15) is 0 Å². The Morgan fingerprint density at radius 3 is 2.53 bits per heavy atom. The molecule has 2 atom stereocenters. The fraction of sp³-hybridized carbons (Fsp3) is 0.933. The van der Waals surface area contributed by atoms with Crippen LogP contribution in [0.25, 0.3) is 0 Å². The van der Waals surface area contributed by atoms with E-state index in [1.54, 1.807) is 0 Å². The summed E-state index contributed by atoms with van der Waals surface area (Å²) in [6, 6.07) is 0. The second-order valence-corrected chi connectivity index (χ2v) is 5.79. The smallest absolute Gasteiger partial charge is 0.309 e. The summed E-state index contributed by atoms with van der Waals surface area (Å²) in [5, 5.41) is 0. The summed E-state index contributed by atoms with van der Waals surface area (Å²) in [5.74, 6) is 0.985. The predicted molar refractivity (Wildman–Crippen MR) is 68.7 cm³/mol. The zero-order valence-electron chi connectivity index (χ0n) is 11.1. The molecule has 0 bridgehead atoms. The number of cyclic esters (lactones) is 1. The summed E-state index contributed by atoms with van der Waals surface area (Å²) in [6.45, 7) is 2.20. The molecule has 0 aromatic rings. The molecule has 2 rings (SSSR count). The van der Waals surface area contributed by atoms with E-state index in [9.17, 15) is 4.79 Å². The van der Waals surface area contributed by atoms with Gasteiger partial charge in [-0.15, -0.1) is 0 Å². The Morgan fingerprint density at radius 1 is 1.12 bits per heavy atom. The zero-order chi connectivity index (χ0) is 12.1. The fourth-order valence-electron chi connectivity index (χ4n) is 3.35. The Hall–Kier alpha value is -0.530. The maximum absolute atomic E-state index is 11.9. The van der Waals surface area contributed by atoms with Crippen molar-refractivity contribution in [3.8, 4) is 0 Å². The molecule has 2 unspecified atom stereocenters. The Bertz CT molecular complexity index is 243. The molecular formula is C15H26O2. The third-order valence-electron chi connectivity index (χ3n) is 4.48. The van der Waals surface area contributed by atoms with Crippen molar-refractivity contribution in [3.63, 3.8) is 0 Å². The highest BCUT2D eigenvalue weighted by Crippen LogP contribution is 2.35. The molecule has 1 saturated carbocycles. The van der Waals surface area contributed by atoms with E-state index in [2.05, 4.69) is 6.92 Å². The molecule has 1 heterocycles.